The van der Waals surface area contributed by atoms with Crippen LogP contribution < -0.4 is 29.6 Å². The molecule has 0 aromatic heterocycles. The van der Waals surface area contributed by atoms with Gasteiger partial charge < -0.3 is 9.11 Å². The van der Waals surface area contributed by atoms with Crippen LogP contribution in [0.25, 0.3) is 0 Å². The molecule has 44 valence electrons. The van der Waals surface area contributed by atoms with E-state index in [2.05, 4.69) is 0 Å². The van der Waals surface area contributed by atoms with E-state index < -0.39 is 22.9 Å². The maximum Gasteiger partial charge on any atom is 1.00 e. The SMILES string of the molecule is O=S([O-])O.O=S=O.[Na+]. The summed E-state index contributed by atoms with van der Waals surface area (Å²) in [7, 11) is 0. The zero-order valence-electron chi connectivity index (χ0n) is 3.90. The Hall–Kier alpha value is 0.890. The van der Waals surface area contributed by atoms with Crippen LogP contribution in [-0.2, 0) is 22.9 Å². The van der Waals surface area contributed by atoms with Gasteiger partial charge in [-0.2, -0.15) is 8.42 Å². The molecule has 0 aromatic rings. The third kappa shape index (κ3) is 302. The molecule has 1 unspecified atom stereocenters. The van der Waals surface area contributed by atoms with E-state index >= 15 is 0 Å². The first-order valence-corrected chi connectivity index (χ1v) is 2.55. The molecule has 1 N–H and O–H groups in total. The quantitative estimate of drug-likeness (QED) is 0.291. The normalized spacial score (nSPS) is 9.25. The first-order chi connectivity index (χ1) is 3.15. The predicted octanol–water partition coefficient (Wildman–Crippen LogP) is -4.33. The van der Waals surface area contributed by atoms with E-state index in [1.165, 1.54) is 0 Å². The molecule has 0 amide bonds. The van der Waals surface area contributed by atoms with Crippen LogP contribution in [0.5, 0.6) is 0 Å². The second kappa shape index (κ2) is 15.7. The smallest absolute Gasteiger partial charge is 0.750 e. The van der Waals surface area contributed by atoms with Gasteiger partial charge in [0.2, 0.25) is 0 Å². The fourth-order valence-electron chi connectivity index (χ4n) is 0. The van der Waals surface area contributed by atoms with Crippen molar-refractivity contribution < 1.29 is 51.3 Å². The monoisotopic (exact) mass is 168 g/mol. The molecule has 8 heteroatoms. The summed E-state index contributed by atoms with van der Waals surface area (Å²) in [5.41, 5.74) is 0. The van der Waals surface area contributed by atoms with E-state index in [4.69, 9.17) is 21.7 Å². The van der Waals surface area contributed by atoms with Crippen LogP contribution in [0.3, 0.4) is 0 Å². The molecule has 8 heavy (non-hydrogen) atoms. The molecule has 0 aliphatic carbocycles. The van der Waals surface area contributed by atoms with E-state index in [0.717, 1.165) is 0 Å². The van der Waals surface area contributed by atoms with Crippen LogP contribution >= 0.6 is 0 Å². The first-order valence-electron chi connectivity index (χ1n) is 0.849. The summed E-state index contributed by atoms with van der Waals surface area (Å²) >= 11 is -3.61. The standard InChI is InChI=1S/Na.H2O3S.O2S/c;1-4(2)3;1-3-2/h;(H2,1,2,3);/q+1;;/p-1. The van der Waals surface area contributed by atoms with Gasteiger partial charge in [-0.15, -0.1) is 0 Å². The molecular formula is HNaO5S2. The van der Waals surface area contributed by atoms with E-state index in [-0.39, 0.29) is 29.6 Å². The van der Waals surface area contributed by atoms with Gasteiger partial charge in [-0.1, -0.05) is 0 Å². The summed E-state index contributed by atoms with van der Waals surface area (Å²) in [6, 6.07) is 0. The summed E-state index contributed by atoms with van der Waals surface area (Å²) in [6.45, 7) is 0. The molecule has 5 nitrogen and oxygen atoms in total. The molecular weight excluding hydrogens is 167 g/mol. The van der Waals surface area contributed by atoms with Crippen LogP contribution in [0.15, 0.2) is 0 Å². The summed E-state index contributed by atoms with van der Waals surface area (Å²) in [5, 5.41) is 0. The Morgan fingerprint density at radius 1 is 1.50 bits per heavy atom. The van der Waals surface area contributed by atoms with E-state index in [1.54, 1.807) is 0 Å². The third-order valence-electron chi connectivity index (χ3n) is 0. The van der Waals surface area contributed by atoms with Crippen molar-refractivity contribution in [3.05, 3.63) is 0 Å². The summed E-state index contributed by atoms with van der Waals surface area (Å²) in [6.07, 6.45) is 0. The molecule has 0 saturated carbocycles. The van der Waals surface area contributed by atoms with E-state index in [0.29, 0.717) is 0 Å². The minimum Gasteiger partial charge on any atom is -0.750 e. The largest absolute Gasteiger partial charge is 1.00 e. The molecule has 0 rings (SSSR count). The number of hydrogen-bond donors (Lipinski definition) is 1. The molecule has 0 heterocycles. The average molecular weight is 168 g/mol. The average Bonchev–Trinajstić information content (AvgIpc) is 1.33. The molecule has 0 aliphatic rings. The molecule has 1 atom stereocenters. The van der Waals surface area contributed by atoms with Gasteiger partial charge in [-0.25, -0.2) is 4.21 Å². The fourth-order valence-corrected chi connectivity index (χ4v) is 0. The van der Waals surface area contributed by atoms with Crippen molar-refractivity contribution in [3.63, 3.8) is 0 Å². The van der Waals surface area contributed by atoms with E-state index in [1.807, 2.05) is 0 Å². The topological polar surface area (TPSA) is 94.5 Å². The molecule has 0 fully saturated rings. The third-order valence-corrected chi connectivity index (χ3v) is 0. The zero-order valence-corrected chi connectivity index (χ0v) is 7.53. The minimum absolute atomic E-state index is 0. The first kappa shape index (κ1) is 16.0. The number of hydrogen-bond acceptors (Lipinski definition) is 4. The van der Waals surface area contributed by atoms with Gasteiger partial charge in [-0.05, 0) is 0 Å². The van der Waals surface area contributed by atoms with Crippen molar-refractivity contribution in [2.24, 2.45) is 0 Å². The fraction of sp³-hybridized carbons (Fsp3) is 0. The van der Waals surface area contributed by atoms with Crippen molar-refractivity contribution in [2.75, 3.05) is 0 Å². The molecule has 0 aliphatic heterocycles. The molecule has 0 saturated heterocycles. The minimum atomic E-state index is -2.86. The van der Waals surface area contributed by atoms with Crippen molar-refractivity contribution in [3.8, 4) is 0 Å². The van der Waals surface area contributed by atoms with Crippen LogP contribution in [0.4, 0.5) is 0 Å². The van der Waals surface area contributed by atoms with Crippen molar-refractivity contribution in [1.82, 2.24) is 0 Å². The Kier molecular flexibility index (Phi) is 31.2. The predicted molar refractivity (Wildman–Crippen MR) is 20.5 cm³/mol. The van der Waals surface area contributed by atoms with Gasteiger partial charge >= 0.3 is 41.1 Å². The van der Waals surface area contributed by atoms with Gasteiger partial charge in [0.1, 0.15) is 0 Å². The Labute approximate surface area is 73.9 Å². The Morgan fingerprint density at radius 2 is 1.50 bits per heavy atom. The Balaban J connectivity index is -0.0000000575. The van der Waals surface area contributed by atoms with Crippen LogP contribution in [0.1, 0.15) is 0 Å². The second-order valence-electron chi connectivity index (χ2n) is 0.285. The second-order valence-corrected chi connectivity index (χ2v) is 0.855. The summed E-state index contributed by atoms with van der Waals surface area (Å²) < 4.78 is 40.7. The maximum atomic E-state index is 8.56. The van der Waals surface area contributed by atoms with Gasteiger partial charge in [0, 0.05) is 0 Å². The summed E-state index contributed by atoms with van der Waals surface area (Å²) in [5.74, 6) is 0. The van der Waals surface area contributed by atoms with Gasteiger partial charge in [0.15, 0.2) is 0 Å². The van der Waals surface area contributed by atoms with Gasteiger partial charge in [0.05, 0.1) is 11.4 Å². The maximum absolute atomic E-state index is 8.56. The Bertz CT molecular complexity index is 78.4. The Morgan fingerprint density at radius 3 is 1.50 bits per heavy atom. The zero-order chi connectivity index (χ0) is 6.28. The van der Waals surface area contributed by atoms with Crippen molar-refractivity contribution >= 4 is 22.9 Å². The van der Waals surface area contributed by atoms with Crippen LogP contribution in [0.2, 0.25) is 0 Å². The molecule has 0 radical (unpaired) electrons. The van der Waals surface area contributed by atoms with Crippen molar-refractivity contribution in [1.29, 1.82) is 0 Å². The van der Waals surface area contributed by atoms with Crippen molar-refractivity contribution in [2.45, 2.75) is 0 Å². The van der Waals surface area contributed by atoms with E-state index in [9.17, 15) is 0 Å². The van der Waals surface area contributed by atoms with Crippen LogP contribution in [0, 0.1) is 0 Å². The molecule has 0 spiro atoms. The molecule has 0 bridgehead atoms. The van der Waals surface area contributed by atoms with Crippen LogP contribution in [-0.4, -0.2) is 21.7 Å². The van der Waals surface area contributed by atoms with Gasteiger partial charge in [-0.3, -0.25) is 0 Å². The van der Waals surface area contributed by atoms with Gasteiger partial charge in [0.25, 0.3) is 0 Å². The summed E-state index contributed by atoms with van der Waals surface area (Å²) in [4.78, 5) is 0. The number of rotatable bonds is 0. The molecule has 0 aromatic carbocycles.